The molecule has 0 saturated heterocycles. The molecule has 1 heteroatoms. The van der Waals surface area contributed by atoms with Crippen LogP contribution in [-0.4, -0.2) is 23.5 Å². The van der Waals surface area contributed by atoms with E-state index in [1.54, 1.807) is 0 Å². The van der Waals surface area contributed by atoms with Gasteiger partial charge in [-0.25, -0.2) is 0 Å². The molecule has 95 valence electrons. The quantitative estimate of drug-likeness (QED) is 0.713. The van der Waals surface area contributed by atoms with Crippen LogP contribution >= 0.6 is 0 Å². The van der Waals surface area contributed by atoms with Crippen molar-refractivity contribution < 1.29 is 0 Å². The summed E-state index contributed by atoms with van der Waals surface area (Å²) in [5.41, 5.74) is 1.35. The second kappa shape index (κ2) is 6.80. The zero-order chi connectivity index (χ0) is 12.8. The van der Waals surface area contributed by atoms with Gasteiger partial charge in [-0.05, 0) is 59.1 Å². The fraction of sp³-hybridized carbons (Fsp3) is 0.562. The average Bonchev–Trinajstić information content (AvgIpc) is 2.29. The van der Waals surface area contributed by atoms with E-state index in [0.29, 0.717) is 18.0 Å². The van der Waals surface area contributed by atoms with Crippen LogP contribution in [0.25, 0.3) is 0 Å². The van der Waals surface area contributed by atoms with E-state index < -0.39 is 0 Å². The van der Waals surface area contributed by atoms with Crippen molar-refractivity contribution >= 4 is 0 Å². The summed E-state index contributed by atoms with van der Waals surface area (Å²) in [6.45, 7) is 14.5. The van der Waals surface area contributed by atoms with E-state index in [1.165, 1.54) is 5.56 Å². The maximum Gasteiger partial charge on any atom is 0.00412 e. The van der Waals surface area contributed by atoms with Gasteiger partial charge < -0.3 is 0 Å². The van der Waals surface area contributed by atoms with Gasteiger partial charge in [-0.15, -0.1) is 0 Å². The fourth-order valence-electron chi connectivity index (χ4n) is 2.31. The third-order valence-electron chi connectivity index (χ3n) is 3.33. The van der Waals surface area contributed by atoms with Gasteiger partial charge in [0.1, 0.15) is 0 Å². The molecular weight excluding hydrogens is 206 g/mol. The molecule has 0 N–H and O–H groups in total. The minimum Gasteiger partial charge on any atom is -0.299 e. The van der Waals surface area contributed by atoms with Crippen LogP contribution in [0.5, 0.6) is 0 Å². The Morgan fingerprint density at radius 1 is 1.00 bits per heavy atom. The van der Waals surface area contributed by atoms with Gasteiger partial charge in [-0.3, -0.25) is 4.90 Å². The molecule has 1 atom stereocenters. The summed E-state index contributed by atoms with van der Waals surface area (Å²) in [5.74, 6) is 0.399. The molecule has 17 heavy (non-hydrogen) atoms. The van der Waals surface area contributed by atoms with Crippen molar-refractivity contribution in [2.75, 3.05) is 6.54 Å². The predicted octanol–water partition coefficient (Wildman–Crippen LogP) is 4.11. The summed E-state index contributed by atoms with van der Waals surface area (Å²) in [4.78, 5) is 2.53. The third-order valence-corrected chi connectivity index (χ3v) is 3.33. The highest BCUT2D eigenvalue weighted by Crippen LogP contribution is 2.19. The lowest BCUT2D eigenvalue weighted by Crippen LogP contribution is -2.38. The lowest BCUT2D eigenvalue weighted by Gasteiger charge is -2.31. The Bertz CT molecular complexity index is 295. The minimum absolute atomic E-state index is 0.399. The van der Waals surface area contributed by atoms with Crippen LogP contribution in [0.3, 0.4) is 0 Å². The number of nitrogens with zero attached hydrogens (tertiary/aromatic N) is 1. The van der Waals surface area contributed by atoms with Gasteiger partial charge in [0.25, 0.3) is 0 Å². The molecule has 1 aromatic rings. The maximum absolute atomic E-state index is 4.27. The summed E-state index contributed by atoms with van der Waals surface area (Å²) >= 11 is 0. The molecule has 0 heterocycles. The minimum atomic E-state index is 0.399. The number of hydrogen-bond donors (Lipinski definition) is 0. The van der Waals surface area contributed by atoms with Crippen LogP contribution in [0, 0.1) is 6.92 Å². The van der Waals surface area contributed by atoms with Crippen LogP contribution in [-0.2, 0) is 0 Å². The summed E-state index contributed by atoms with van der Waals surface area (Å²) < 4.78 is 0. The van der Waals surface area contributed by atoms with E-state index in [2.05, 4.69) is 69.9 Å². The van der Waals surface area contributed by atoms with Crippen LogP contribution in [0.2, 0.25) is 0 Å². The zero-order valence-corrected chi connectivity index (χ0v) is 11.7. The number of benzene rings is 1. The standard InChI is InChI=1S/C16H26N/c1-13(2)17(14(3)4)12-11-15(5)16-9-7-6-8-10-16/h6-10,13-15H,5,11-12H2,1-4H3. The monoisotopic (exact) mass is 232 g/mol. The van der Waals surface area contributed by atoms with E-state index >= 15 is 0 Å². The summed E-state index contributed by atoms with van der Waals surface area (Å²) in [5, 5.41) is 0. The smallest absolute Gasteiger partial charge is 0.00412 e. The van der Waals surface area contributed by atoms with Gasteiger partial charge in [0.05, 0.1) is 0 Å². The van der Waals surface area contributed by atoms with Gasteiger partial charge in [-0.2, -0.15) is 0 Å². The van der Waals surface area contributed by atoms with Gasteiger partial charge in [0, 0.05) is 12.1 Å². The normalized spacial score (nSPS) is 13.6. The molecular formula is C16H26N. The predicted molar refractivity (Wildman–Crippen MR) is 76.1 cm³/mol. The molecule has 1 aromatic carbocycles. The molecule has 1 rings (SSSR count). The van der Waals surface area contributed by atoms with Crippen LogP contribution < -0.4 is 0 Å². The Balaban J connectivity index is 2.50. The van der Waals surface area contributed by atoms with Crippen molar-refractivity contribution in [1.29, 1.82) is 0 Å². The Labute approximate surface area is 107 Å². The molecule has 0 aliphatic rings. The van der Waals surface area contributed by atoms with E-state index in [1.807, 2.05) is 0 Å². The summed E-state index contributed by atoms with van der Waals surface area (Å²) in [6, 6.07) is 11.8. The largest absolute Gasteiger partial charge is 0.299 e. The molecule has 1 unspecified atom stereocenters. The number of rotatable bonds is 6. The van der Waals surface area contributed by atoms with Gasteiger partial charge in [0.15, 0.2) is 0 Å². The van der Waals surface area contributed by atoms with Gasteiger partial charge in [-0.1, -0.05) is 30.3 Å². The topological polar surface area (TPSA) is 3.24 Å². The first-order valence-corrected chi connectivity index (χ1v) is 6.66. The van der Waals surface area contributed by atoms with E-state index in [4.69, 9.17) is 0 Å². The summed E-state index contributed by atoms with van der Waals surface area (Å²) in [6.07, 6.45) is 1.13. The molecule has 1 radical (unpaired) electrons. The highest BCUT2D eigenvalue weighted by atomic mass is 15.2. The maximum atomic E-state index is 4.27. The Hall–Kier alpha value is -0.820. The Morgan fingerprint density at radius 3 is 2.00 bits per heavy atom. The average molecular weight is 232 g/mol. The van der Waals surface area contributed by atoms with E-state index in [-0.39, 0.29) is 0 Å². The molecule has 1 nitrogen and oxygen atoms in total. The molecule has 0 aliphatic carbocycles. The molecule has 0 aromatic heterocycles. The first-order valence-electron chi connectivity index (χ1n) is 6.66. The SMILES string of the molecule is [CH2]C(CCN(C(C)C)C(C)C)c1ccccc1. The first-order chi connectivity index (χ1) is 8.02. The molecule has 0 fully saturated rings. The highest BCUT2D eigenvalue weighted by molar-refractivity contribution is 5.20. The van der Waals surface area contributed by atoms with Crippen molar-refractivity contribution in [3.63, 3.8) is 0 Å². The lowest BCUT2D eigenvalue weighted by atomic mass is 9.97. The third kappa shape index (κ3) is 4.51. The fourth-order valence-corrected chi connectivity index (χ4v) is 2.31. The second-order valence-corrected chi connectivity index (χ2v) is 5.32. The van der Waals surface area contributed by atoms with Crippen molar-refractivity contribution in [2.24, 2.45) is 0 Å². The molecule has 0 spiro atoms. The first kappa shape index (κ1) is 14.2. The van der Waals surface area contributed by atoms with Crippen LogP contribution in [0.15, 0.2) is 30.3 Å². The second-order valence-electron chi connectivity index (χ2n) is 5.32. The lowest BCUT2D eigenvalue weighted by molar-refractivity contribution is 0.171. The van der Waals surface area contributed by atoms with Gasteiger partial charge in [0.2, 0.25) is 0 Å². The van der Waals surface area contributed by atoms with Crippen molar-refractivity contribution in [3.8, 4) is 0 Å². The molecule has 0 bridgehead atoms. The molecule has 0 aliphatic heterocycles. The Morgan fingerprint density at radius 2 is 1.53 bits per heavy atom. The molecule has 0 saturated carbocycles. The summed E-state index contributed by atoms with van der Waals surface area (Å²) in [7, 11) is 0. The van der Waals surface area contributed by atoms with Gasteiger partial charge >= 0.3 is 0 Å². The Kier molecular flexibility index (Phi) is 5.70. The number of hydrogen-bond acceptors (Lipinski definition) is 1. The highest BCUT2D eigenvalue weighted by Gasteiger charge is 2.14. The van der Waals surface area contributed by atoms with E-state index in [9.17, 15) is 0 Å². The zero-order valence-electron chi connectivity index (χ0n) is 11.7. The van der Waals surface area contributed by atoms with Crippen LogP contribution in [0.1, 0.15) is 45.6 Å². The van der Waals surface area contributed by atoms with Crippen LogP contribution in [0.4, 0.5) is 0 Å². The van der Waals surface area contributed by atoms with Crippen molar-refractivity contribution in [2.45, 2.75) is 52.1 Å². The molecule has 0 amide bonds. The van der Waals surface area contributed by atoms with Crippen molar-refractivity contribution in [3.05, 3.63) is 42.8 Å². The van der Waals surface area contributed by atoms with E-state index in [0.717, 1.165) is 13.0 Å². The van der Waals surface area contributed by atoms with Crippen molar-refractivity contribution in [1.82, 2.24) is 4.90 Å².